The monoisotopic (exact) mass is 276 g/mol. The van der Waals surface area contributed by atoms with Crippen LogP contribution in [0.1, 0.15) is 15.9 Å². The molecule has 0 radical (unpaired) electrons. The van der Waals surface area contributed by atoms with Crippen LogP contribution in [0.2, 0.25) is 0 Å². The summed E-state index contributed by atoms with van der Waals surface area (Å²) >= 11 is 0. The van der Waals surface area contributed by atoms with Crippen LogP contribution in [0.25, 0.3) is 0 Å². The quantitative estimate of drug-likeness (QED) is 0.843. The molecule has 0 atom stereocenters. The van der Waals surface area contributed by atoms with Gasteiger partial charge in [0, 0.05) is 23.9 Å². The van der Waals surface area contributed by atoms with Crippen LogP contribution < -0.4 is 11.1 Å². The lowest BCUT2D eigenvalue weighted by Gasteiger charge is -2.06. The standard InChI is InChI=1S/C15H14F2N2O/c16-12-7-10(8-13(17)9-12)5-6-19-15(20)11-1-3-14(18)4-2-11/h1-4,7-9H,5-6,18H2,(H,19,20). The zero-order chi connectivity index (χ0) is 14.5. The number of nitrogen functional groups attached to an aromatic ring is 1. The number of anilines is 1. The van der Waals surface area contributed by atoms with Gasteiger partial charge in [-0.3, -0.25) is 4.79 Å². The highest BCUT2D eigenvalue weighted by Gasteiger charge is 2.05. The SMILES string of the molecule is Nc1ccc(C(=O)NCCc2cc(F)cc(F)c2)cc1. The van der Waals surface area contributed by atoms with Gasteiger partial charge < -0.3 is 11.1 Å². The summed E-state index contributed by atoms with van der Waals surface area (Å²) in [6, 6.07) is 9.82. The first-order chi connectivity index (χ1) is 9.54. The number of rotatable bonds is 4. The fraction of sp³-hybridized carbons (Fsp3) is 0.133. The van der Waals surface area contributed by atoms with Crippen LogP contribution in [0.15, 0.2) is 42.5 Å². The molecule has 3 nitrogen and oxygen atoms in total. The summed E-state index contributed by atoms with van der Waals surface area (Å²) < 4.78 is 26.0. The summed E-state index contributed by atoms with van der Waals surface area (Å²) in [7, 11) is 0. The number of carbonyl (C=O) groups excluding carboxylic acids is 1. The predicted molar refractivity (Wildman–Crippen MR) is 73.2 cm³/mol. The van der Waals surface area contributed by atoms with E-state index in [9.17, 15) is 13.6 Å². The van der Waals surface area contributed by atoms with Crippen LogP contribution >= 0.6 is 0 Å². The second kappa shape index (κ2) is 6.14. The smallest absolute Gasteiger partial charge is 0.251 e. The van der Waals surface area contributed by atoms with E-state index < -0.39 is 11.6 Å². The van der Waals surface area contributed by atoms with Crippen molar-refractivity contribution in [3.8, 4) is 0 Å². The van der Waals surface area contributed by atoms with Gasteiger partial charge in [0.15, 0.2) is 0 Å². The summed E-state index contributed by atoms with van der Waals surface area (Å²) in [5, 5.41) is 2.68. The van der Waals surface area contributed by atoms with E-state index in [2.05, 4.69) is 5.32 Å². The van der Waals surface area contributed by atoms with E-state index >= 15 is 0 Å². The van der Waals surface area contributed by atoms with Crippen LogP contribution in [0, 0.1) is 11.6 Å². The van der Waals surface area contributed by atoms with Crippen molar-refractivity contribution in [1.29, 1.82) is 0 Å². The van der Waals surface area contributed by atoms with Gasteiger partial charge in [0.2, 0.25) is 0 Å². The lowest BCUT2D eigenvalue weighted by Crippen LogP contribution is -2.25. The molecule has 0 unspecified atom stereocenters. The maximum absolute atomic E-state index is 13.0. The molecule has 0 aliphatic rings. The van der Waals surface area contributed by atoms with Crippen molar-refractivity contribution in [2.75, 3.05) is 12.3 Å². The van der Waals surface area contributed by atoms with Crippen LogP contribution in [0.3, 0.4) is 0 Å². The molecule has 2 aromatic rings. The molecule has 20 heavy (non-hydrogen) atoms. The van der Waals surface area contributed by atoms with Crippen LogP contribution in [0.4, 0.5) is 14.5 Å². The maximum atomic E-state index is 13.0. The minimum atomic E-state index is -0.620. The molecular weight excluding hydrogens is 262 g/mol. The summed E-state index contributed by atoms with van der Waals surface area (Å²) in [5.41, 5.74) is 7.10. The highest BCUT2D eigenvalue weighted by molar-refractivity contribution is 5.94. The molecule has 0 saturated heterocycles. The molecule has 0 heterocycles. The number of nitrogens with one attached hydrogen (secondary N) is 1. The third-order valence-corrected chi connectivity index (χ3v) is 2.79. The van der Waals surface area contributed by atoms with E-state index in [-0.39, 0.29) is 5.91 Å². The van der Waals surface area contributed by atoms with Crippen LogP contribution in [0.5, 0.6) is 0 Å². The second-order valence-corrected chi connectivity index (χ2v) is 4.41. The Kier molecular flexibility index (Phi) is 4.30. The van der Waals surface area contributed by atoms with Gasteiger partial charge in [0.1, 0.15) is 11.6 Å². The van der Waals surface area contributed by atoms with E-state index in [0.29, 0.717) is 29.8 Å². The second-order valence-electron chi connectivity index (χ2n) is 4.41. The summed E-state index contributed by atoms with van der Waals surface area (Å²) in [6.45, 7) is 0.298. The van der Waals surface area contributed by atoms with E-state index in [1.165, 1.54) is 12.1 Å². The molecule has 2 rings (SSSR count). The number of amides is 1. The van der Waals surface area contributed by atoms with Crippen LogP contribution in [-0.2, 0) is 6.42 Å². The van der Waals surface area contributed by atoms with Gasteiger partial charge in [-0.2, -0.15) is 0 Å². The number of carbonyl (C=O) groups is 1. The maximum Gasteiger partial charge on any atom is 0.251 e. The first kappa shape index (κ1) is 14.0. The van der Waals surface area contributed by atoms with Gasteiger partial charge >= 0.3 is 0 Å². The molecule has 0 saturated carbocycles. The molecule has 0 spiro atoms. The summed E-state index contributed by atoms with van der Waals surface area (Å²) in [5.74, 6) is -1.49. The number of hydrogen-bond acceptors (Lipinski definition) is 2. The minimum Gasteiger partial charge on any atom is -0.399 e. The average molecular weight is 276 g/mol. The average Bonchev–Trinajstić information content (AvgIpc) is 2.38. The molecule has 0 aliphatic heterocycles. The summed E-state index contributed by atoms with van der Waals surface area (Å²) in [6.07, 6.45) is 0.357. The number of benzene rings is 2. The van der Waals surface area contributed by atoms with Gasteiger partial charge in [0.05, 0.1) is 0 Å². The number of halogens is 2. The Bertz CT molecular complexity index is 592. The third-order valence-electron chi connectivity index (χ3n) is 2.79. The van der Waals surface area contributed by atoms with Gasteiger partial charge in [-0.1, -0.05) is 0 Å². The molecular formula is C15H14F2N2O. The molecule has 104 valence electrons. The van der Waals surface area contributed by atoms with Crippen molar-refractivity contribution in [1.82, 2.24) is 5.32 Å². The Balaban J connectivity index is 1.89. The summed E-state index contributed by atoms with van der Waals surface area (Å²) in [4.78, 5) is 11.8. The Morgan fingerprint density at radius 2 is 1.65 bits per heavy atom. The Hall–Kier alpha value is -2.43. The van der Waals surface area contributed by atoms with E-state index in [0.717, 1.165) is 6.07 Å². The normalized spacial score (nSPS) is 10.3. The number of hydrogen-bond donors (Lipinski definition) is 2. The Labute approximate surface area is 115 Å². The van der Waals surface area contributed by atoms with E-state index in [1.807, 2.05) is 0 Å². The lowest BCUT2D eigenvalue weighted by molar-refractivity contribution is 0.0954. The molecule has 0 aliphatic carbocycles. The Morgan fingerprint density at radius 3 is 2.25 bits per heavy atom. The van der Waals surface area contributed by atoms with Crippen LogP contribution in [-0.4, -0.2) is 12.5 Å². The van der Waals surface area contributed by atoms with Crippen molar-refractivity contribution in [2.24, 2.45) is 0 Å². The number of nitrogens with two attached hydrogens (primary N) is 1. The lowest BCUT2D eigenvalue weighted by atomic mass is 10.1. The Morgan fingerprint density at radius 1 is 1.05 bits per heavy atom. The van der Waals surface area contributed by atoms with Crippen molar-refractivity contribution < 1.29 is 13.6 Å². The fourth-order valence-corrected chi connectivity index (χ4v) is 1.81. The zero-order valence-electron chi connectivity index (χ0n) is 10.7. The molecule has 2 aromatic carbocycles. The van der Waals surface area contributed by atoms with Crippen molar-refractivity contribution in [3.63, 3.8) is 0 Å². The highest BCUT2D eigenvalue weighted by Crippen LogP contribution is 2.08. The largest absolute Gasteiger partial charge is 0.399 e. The van der Waals surface area contributed by atoms with Gasteiger partial charge in [-0.15, -0.1) is 0 Å². The third kappa shape index (κ3) is 3.78. The van der Waals surface area contributed by atoms with Crippen molar-refractivity contribution in [3.05, 3.63) is 65.2 Å². The predicted octanol–water partition coefficient (Wildman–Crippen LogP) is 2.52. The van der Waals surface area contributed by atoms with Gasteiger partial charge in [0.25, 0.3) is 5.91 Å². The van der Waals surface area contributed by atoms with Crippen molar-refractivity contribution in [2.45, 2.75) is 6.42 Å². The molecule has 0 bridgehead atoms. The molecule has 0 fully saturated rings. The van der Waals surface area contributed by atoms with E-state index in [1.54, 1.807) is 24.3 Å². The molecule has 3 N–H and O–H groups in total. The fourth-order valence-electron chi connectivity index (χ4n) is 1.81. The van der Waals surface area contributed by atoms with Crippen molar-refractivity contribution >= 4 is 11.6 Å². The molecule has 1 amide bonds. The first-order valence-electron chi connectivity index (χ1n) is 6.13. The van der Waals surface area contributed by atoms with E-state index in [4.69, 9.17) is 5.73 Å². The first-order valence-corrected chi connectivity index (χ1v) is 6.13. The molecule has 5 heteroatoms. The minimum absolute atomic E-state index is 0.248. The topological polar surface area (TPSA) is 55.1 Å². The van der Waals surface area contributed by atoms with Gasteiger partial charge in [-0.05, 0) is 48.4 Å². The highest BCUT2D eigenvalue weighted by atomic mass is 19.1. The molecule has 0 aromatic heterocycles. The van der Waals surface area contributed by atoms with Gasteiger partial charge in [-0.25, -0.2) is 8.78 Å². The zero-order valence-corrected chi connectivity index (χ0v) is 10.7.